The first kappa shape index (κ1) is 25.0. The SMILES string of the molecule is Cc1cccn2c(C(C)(C)NC(=O)c3nccc4c3OCCN(C(=O)OC(C)(C)C)C4)nc(C3CC3)c12. The molecule has 0 spiro atoms. The second-order valence-electron chi connectivity index (χ2n) is 11.5. The Balaban J connectivity index is 1.42. The molecule has 0 unspecified atom stereocenters. The van der Waals surface area contributed by atoms with Crippen molar-refractivity contribution in [3.63, 3.8) is 0 Å². The number of nitrogens with one attached hydrogen (secondary N) is 1. The van der Waals surface area contributed by atoms with Crippen molar-refractivity contribution in [1.29, 1.82) is 0 Å². The minimum Gasteiger partial charge on any atom is -0.489 e. The predicted octanol–water partition coefficient (Wildman–Crippen LogP) is 4.71. The van der Waals surface area contributed by atoms with E-state index in [-0.39, 0.29) is 24.8 Å². The number of pyridine rings is 2. The van der Waals surface area contributed by atoms with E-state index in [2.05, 4.69) is 27.7 Å². The van der Waals surface area contributed by atoms with E-state index in [1.54, 1.807) is 17.2 Å². The lowest BCUT2D eigenvalue weighted by Crippen LogP contribution is -2.43. The van der Waals surface area contributed by atoms with Gasteiger partial charge in [0.05, 0.1) is 29.8 Å². The van der Waals surface area contributed by atoms with Gasteiger partial charge in [-0.1, -0.05) is 6.07 Å². The highest BCUT2D eigenvalue weighted by molar-refractivity contribution is 5.96. The van der Waals surface area contributed by atoms with Crippen molar-refractivity contribution in [3.8, 4) is 5.75 Å². The van der Waals surface area contributed by atoms with Crippen LogP contribution in [0.15, 0.2) is 30.6 Å². The van der Waals surface area contributed by atoms with E-state index in [0.717, 1.165) is 29.9 Å². The number of carbonyl (C=O) groups excluding carboxylic acids is 2. The van der Waals surface area contributed by atoms with Crippen molar-refractivity contribution in [2.45, 2.75) is 78.0 Å². The minimum atomic E-state index is -0.779. The summed E-state index contributed by atoms with van der Waals surface area (Å²) in [6.07, 6.45) is 5.45. The van der Waals surface area contributed by atoms with Crippen LogP contribution in [0.4, 0.5) is 4.79 Å². The van der Waals surface area contributed by atoms with Gasteiger partial charge in [-0.2, -0.15) is 0 Å². The first-order chi connectivity index (χ1) is 17.4. The molecule has 4 heterocycles. The number of carbonyl (C=O) groups is 2. The Bertz CT molecular complexity index is 1370. The molecule has 9 heteroatoms. The maximum absolute atomic E-state index is 13.6. The first-order valence-corrected chi connectivity index (χ1v) is 12.8. The summed E-state index contributed by atoms with van der Waals surface area (Å²) >= 11 is 0. The molecule has 0 atom stereocenters. The molecule has 3 aromatic heterocycles. The molecule has 2 amide bonds. The zero-order chi connectivity index (χ0) is 26.5. The molecular weight excluding hydrogens is 470 g/mol. The quantitative estimate of drug-likeness (QED) is 0.552. The van der Waals surface area contributed by atoms with E-state index in [9.17, 15) is 9.59 Å². The molecule has 9 nitrogen and oxygen atoms in total. The van der Waals surface area contributed by atoms with E-state index < -0.39 is 17.2 Å². The van der Waals surface area contributed by atoms with Crippen LogP contribution < -0.4 is 10.1 Å². The third kappa shape index (κ3) is 4.99. The van der Waals surface area contributed by atoms with E-state index in [1.807, 2.05) is 46.9 Å². The lowest BCUT2D eigenvalue weighted by atomic mass is 10.0. The summed E-state index contributed by atoms with van der Waals surface area (Å²) in [7, 11) is 0. The largest absolute Gasteiger partial charge is 0.489 e. The normalized spacial score (nSPS) is 16.1. The van der Waals surface area contributed by atoms with Crippen molar-refractivity contribution < 1.29 is 19.1 Å². The average molecular weight is 506 g/mol. The number of amides is 2. The highest BCUT2D eigenvalue weighted by atomic mass is 16.6. The molecule has 2 aliphatic rings. The number of nitrogens with zero attached hydrogens (tertiary/aromatic N) is 4. The Morgan fingerprint density at radius 3 is 2.62 bits per heavy atom. The van der Waals surface area contributed by atoms with Gasteiger partial charge in [0.25, 0.3) is 5.91 Å². The smallest absolute Gasteiger partial charge is 0.410 e. The molecule has 0 bridgehead atoms. The zero-order valence-electron chi connectivity index (χ0n) is 22.4. The molecule has 1 N–H and O–H groups in total. The fourth-order valence-electron chi connectivity index (χ4n) is 4.78. The molecule has 1 fully saturated rings. The van der Waals surface area contributed by atoms with Crippen molar-refractivity contribution >= 4 is 17.5 Å². The number of aryl methyl sites for hydroxylation is 1. The number of aromatic nitrogens is 3. The van der Waals surface area contributed by atoms with Crippen LogP contribution in [0.25, 0.3) is 5.52 Å². The third-order valence-corrected chi connectivity index (χ3v) is 6.66. The van der Waals surface area contributed by atoms with E-state index >= 15 is 0 Å². The number of fused-ring (bicyclic) bond motifs is 2. The lowest BCUT2D eigenvalue weighted by Gasteiger charge is -2.26. The van der Waals surface area contributed by atoms with Gasteiger partial charge < -0.3 is 24.1 Å². The van der Waals surface area contributed by atoms with Gasteiger partial charge in [-0.3, -0.25) is 4.79 Å². The Hall–Kier alpha value is -3.62. The fourth-order valence-corrected chi connectivity index (χ4v) is 4.78. The molecule has 0 saturated heterocycles. The monoisotopic (exact) mass is 505 g/mol. The van der Waals surface area contributed by atoms with Crippen molar-refractivity contribution in [3.05, 3.63) is 58.9 Å². The van der Waals surface area contributed by atoms with Gasteiger partial charge >= 0.3 is 6.09 Å². The van der Waals surface area contributed by atoms with Crippen LogP contribution in [0.5, 0.6) is 5.75 Å². The standard InChI is InChI=1S/C28H35N5O4/c1-17-8-7-13-33-22(17)20(18-9-10-18)30-25(33)28(5,6)31-24(34)21-23-19(11-12-29-21)16-32(14-15-36-23)26(35)37-27(2,3)4/h7-8,11-13,18H,9-10,14-16H2,1-6H3,(H,31,34). The average Bonchev–Trinajstić information content (AvgIpc) is 3.60. The number of hydrogen-bond acceptors (Lipinski definition) is 6. The van der Waals surface area contributed by atoms with Crippen LogP contribution in [-0.4, -0.2) is 50.0 Å². The molecule has 0 radical (unpaired) electrons. The molecule has 37 heavy (non-hydrogen) atoms. The molecule has 5 rings (SSSR count). The maximum Gasteiger partial charge on any atom is 0.410 e. The van der Waals surface area contributed by atoms with Crippen LogP contribution in [0.2, 0.25) is 0 Å². The molecule has 1 saturated carbocycles. The lowest BCUT2D eigenvalue weighted by molar-refractivity contribution is 0.0225. The summed E-state index contributed by atoms with van der Waals surface area (Å²) in [6.45, 7) is 12.3. The van der Waals surface area contributed by atoms with Gasteiger partial charge in [0.15, 0.2) is 11.4 Å². The maximum atomic E-state index is 13.6. The summed E-state index contributed by atoms with van der Waals surface area (Å²) in [5.41, 5.74) is 2.92. The topological polar surface area (TPSA) is 98.1 Å². The van der Waals surface area contributed by atoms with Gasteiger partial charge in [0.1, 0.15) is 18.0 Å². The number of rotatable bonds is 4. The molecule has 0 aromatic carbocycles. The molecule has 1 aliphatic carbocycles. The van der Waals surface area contributed by atoms with Crippen molar-refractivity contribution in [2.24, 2.45) is 0 Å². The van der Waals surface area contributed by atoms with Crippen LogP contribution in [0, 0.1) is 6.92 Å². The van der Waals surface area contributed by atoms with Crippen LogP contribution >= 0.6 is 0 Å². The molecular formula is C28H35N5O4. The Morgan fingerprint density at radius 1 is 1.16 bits per heavy atom. The van der Waals surface area contributed by atoms with Gasteiger partial charge in [-0.15, -0.1) is 0 Å². The fraction of sp³-hybridized carbons (Fsp3) is 0.500. The second kappa shape index (κ2) is 9.04. The predicted molar refractivity (Wildman–Crippen MR) is 139 cm³/mol. The van der Waals surface area contributed by atoms with Gasteiger partial charge in [0, 0.05) is 23.9 Å². The second-order valence-corrected chi connectivity index (χ2v) is 11.5. The first-order valence-electron chi connectivity index (χ1n) is 12.8. The summed E-state index contributed by atoms with van der Waals surface area (Å²) < 4.78 is 13.6. The van der Waals surface area contributed by atoms with Gasteiger partial charge in [-0.25, -0.2) is 14.8 Å². The third-order valence-electron chi connectivity index (χ3n) is 6.66. The highest BCUT2D eigenvalue weighted by Gasteiger charge is 2.36. The Morgan fingerprint density at radius 2 is 1.92 bits per heavy atom. The Labute approximate surface area is 217 Å². The van der Waals surface area contributed by atoms with Gasteiger partial charge in [0.2, 0.25) is 0 Å². The molecule has 1 aliphatic heterocycles. The summed E-state index contributed by atoms with van der Waals surface area (Å²) in [4.78, 5) is 37.2. The summed E-state index contributed by atoms with van der Waals surface area (Å²) in [5, 5.41) is 3.14. The summed E-state index contributed by atoms with van der Waals surface area (Å²) in [5.74, 6) is 1.29. The van der Waals surface area contributed by atoms with E-state index in [1.165, 1.54) is 5.56 Å². The van der Waals surface area contributed by atoms with E-state index in [4.69, 9.17) is 14.5 Å². The highest BCUT2D eigenvalue weighted by Crippen LogP contribution is 2.43. The number of ether oxygens (including phenoxy) is 2. The minimum absolute atomic E-state index is 0.191. The van der Waals surface area contributed by atoms with Crippen LogP contribution in [0.1, 0.15) is 86.5 Å². The van der Waals surface area contributed by atoms with Crippen LogP contribution in [-0.2, 0) is 16.8 Å². The molecule has 196 valence electrons. The number of hydrogen-bond donors (Lipinski definition) is 1. The van der Waals surface area contributed by atoms with E-state index in [0.29, 0.717) is 23.8 Å². The van der Waals surface area contributed by atoms with Crippen LogP contribution in [0.3, 0.4) is 0 Å². The summed E-state index contributed by atoms with van der Waals surface area (Å²) in [6, 6.07) is 5.87. The Kier molecular flexibility index (Phi) is 6.12. The van der Waals surface area contributed by atoms with Crippen molar-refractivity contribution in [1.82, 2.24) is 24.6 Å². The zero-order valence-corrected chi connectivity index (χ0v) is 22.4. The number of imidazole rings is 1. The van der Waals surface area contributed by atoms with Crippen molar-refractivity contribution in [2.75, 3.05) is 13.2 Å². The van der Waals surface area contributed by atoms with Gasteiger partial charge in [-0.05, 0) is 72.1 Å². The molecule has 3 aromatic rings.